The fourth-order valence-electron chi connectivity index (χ4n) is 3.17. The number of hydrogen-bond donors (Lipinski definition) is 0. The number of benzene rings is 1. The molecule has 6 nitrogen and oxygen atoms in total. The molecule has 0 atom stereocenters. The molecular formula is C19H11BrF3N5O. The van der Waals surface area contributed by atoms with E-state index in [1.54, 1.807) is 36.0 Å². The lowest BCUT2D eigenvalue weighted by Gasteiger charge is -2.11. The third kappa shape index (κ3) is 3.49. The van der Waals surface area contributed by atoms with E-state index >= 15 is 0 Å². The molecule has 0 bridgehead atoms. The van der Waals surface area contributed by atoms with Gasteiger partial charge in [0.15, 0.2) is 0 Å². The summed E-state index contributed by atoms with van der Waals surface area (Å²) in [6, 6.07) is 7.46. The maximum atomic E-state index is 13.5. The molecule has 4 aromatic rings. The van der Waals surface area contributed by atoms with Gasteiger partial charge in [-0.05, 0) is 47.1 Å². The Hall–Kier alpha value is -3.19. The summed E-state index contributed by atoms with van der Waals surface area (Å²) >= 11 is 3.31. The summed E-state index contributed by atoms with van der Waals surface area (Å²) in [4.78, 5) is 4.04. The molecule has 4 rings (SSSR count). The van der Waals surface area contributed by atoms with Crippen molar-refractivity contribution in [1.29, 1.82) is 5.26 Å². The molecule has 10 heteroatoms. The van der Waals surface area contributed by atoms with Crippen LogP contribution in [0, 0.1) is 18.3 Å². The molecule has 3 aromatic heterocycles. The number of aryl methyl sites for hydroxylation is 1. The standard InChI is InChI=1S/C19H11BrF3N5O/c1-10-4-14-15(3-2-11(6-24)17(14)19(21,22)23)28(10)9-16-26-27-18(29-16)12-5-13(20)8-25-7-12/h2-5,7-8H,9H2,1H3. The second-order valence-electron chi connectivity index (χ2n) is 6.30. The van der Waals surface area contributed by atoms with Crippen molar-refractivity contribution in [1.82, 2.24) is 19.7 Å². The number of halogens is 4. The van der Waals surface area contributed by atoms with Crippen molar-refractivity contribution in [2.45, 2.75) is 19.6 Å². The minimum Gasteiger partial charge on any atom is -0.419 e. The van der Waals surface area contributed by atoms with Gasteiger partial charge in [0.2, 0.25) is 11.8 Å². The van der Waals surface area contributed by atoms with E-state index in [0.29, 0.717) is 16.8 Å². The average Bonchev–Trinajstić information content (AvgIpc) is 3.25. The number of nitriles is 1. The Morgan fingerprint density at radius 1 is 1.21 bits per heavy atom. The van der Waals surface area contributed by atoms with E-state index in [9.17, 15) is 13.2 Å². The molecule has 0 unspecified atom stereocenters. The largest absolute Gasteiger partial charge is 0.419 e. The second-order valence-corrected chi connectivity index (χ2v) is 7.21. The van der Waals surface area contributed by atoms with Gasteiger partial charge in [0, 0.05) is 33.5 Å². The average molecular weight is 462 g/mol. The summed E-state index contributed by atoms with van der Waals surface area (Å²) in [6.07, 6.45) is -1.46. The Labute approximate surface area is 170 Å². The van der Waals surface area contributed by atoms with E-state index in [1.165, 1.54) is 18.2 Å². The second kappa shape index (κ2) is 7.00. The fourth-order valence-corrected chi connectivity index (χ4v) is 3.54. The van der Waals surface area contributed by atoms with Crippen molar-refractivity contribution >= 4 is 26.8 Å². The highest BCUT2D eigenvalue weighted by Gasteiger charge is 2.36. The third-order valence-corrected chi connectivity index (χ3v) is 4.84. The predicted octanol–water partition coefficient (Wildman–Crippen LogP) is 5.10. The molecule has 0 N–H and O–H groups in total. The lowest BCUT2D eigenvalue weighted by molar-refractivity contribution is -0.136. The molecule has 0 saturated carbocycles. The summed E-state index contributed by atoms with van der Waals surface area (Å²) in [7, 11) is 0. The summed E-state index contributed by atoms with van der Waals surface area (Å²) < 4.78 is 48.7. The van der Waals surface area contributed by atoms with Gasteiger partial charge in [-0.25, -0.2) is 0 Å². The van der Waals surface area contributed by atoms with Crippen molar-refractivity contribution in [3.8, 4) is 17.5 Å². The first-order valence-corrected chi connectivity index (χ1v) is 9.10. The minimum absolute atomic E-state index is 0.0371. The highest BCUT2D eigenvalue weighted by Crippen LogP contribution is 2.38. The van der Waals surface area contributed by atoms with E-state index in [4.69, 9.17) is 9.68 Å². The SMILES string of the molecule is Cc1cc2c(C(F)(F)F)c(C#N)ccc2n1Cc1nnc(-c2cncc(Br)c2)o1. The monoisotopic (exact) mass is 461 g/mol. The summed E-state index contributed by atoms with van der Waals surface area (Å²) in [6.45, 7) is 1.77. The van der Waals surface area contributed by atoms with Crippen LogP contribution in [0.2, 0.25) is 0 Å². The number of pyridine rings is 1. The van der Waals surface area contributed by atoms with Gasteiger partial charge in [-0.1, -0.05) is 0 Å². The molecule has 0 aliphatic rings. The van der Waals surface area contributed by atoms with Gasteiger partial charge in [-0.2, -0.15) is 18.4 Å². The molecule has 0 spiro atoms. The molecule has 0 radical (unpaired) electrons. The Kier molecular flexibility index (Phi) is 4.62. The van der Waals surface area contributed by atoms with Crippen LogP contribution in [-0.2, 0) is 12.7 Å². The Bertz CT molecular complexity index is 1270. The summed E-state index contributed by atoms with van der Waals surface area (Å²) in [5.74, 6) is 0.490. The van der Waals surface area contributed by atoms with Crippen molar-refractivity contribution < 1.29 is 17.6 Å². The normalized spacial score (nSPS) is 11.7. The van der Waals surface area contributed by atoms with Gasteiger partial charge in [0.1, 0.15) is 6.54 Å². The molecule has 0 aliphatic heterocycles. The van der Waals surface area contributed by atoms with Crippen LogP contribution in [0.3, 0.4) is 0 Å². The molecule has 0 fully saturated rings. The molecule has 0 saturated heterocycles. The molecule has 0 amide bonds. The predicted molar refractivity (Wildman–Crippen MR) is 101 cm³/mol. The molecule has 3 heterocycles. The number of nitrogens with zero attached hydrogens (tertiary/aromatic N) is 5. The van der Waals surface area contributed by atoms with Crippen molar-refractivity contribution in [3.05, 3.63) is 63.8 Å². The van der Waals surface area contributed by atoms with Crippen LogP contribution in [-0.4, -0.2) is 19.7 Å². The smallest absolute Gasteiger partial charge is 0.418 e. The highest BCUT2D eigenvalue weighted by atomic mass is 79.9. The molecule has 1 aromatic carbocycles. The van der Waals surface area contributed by atoms with Crippen LogP contribution in [0.15, 0.2) is 45.5 Å². The van der Waals surface area contributed by atoms with Gasteiger partial charge < -0.3 is 8.98 Å². The maximum absolute atomic E-state index is 13.5. The molecular weight excluding hydrogens is 451 g/mol. The lowest BCUT2D eigenvalue weighted by Crippen LogP contribution is -2.09. The van der Waals surface area contributed by atoms with E-state index in [1.807, 2.05) is 0 Å². The fraction of sp³-hybridized carbons (Fsp3) is 0.158. The summed E-state index contributed by atoms with van der Waals surface area (Å²) in [5, 5.41) is 17.0. The molecule has 146 valence electrons. The number of aromatic nitrogens is 4. The Morgan fingerprint density at radius 2 is 2.00 bits per heavy atom. The third-order valence-electron chi connectivity index (χ3n) is 4.41. The first-order chi connectivity index (χ1) is 13.8. The van der Waals surface area contributed by atoms with E-state index in [2.05, 4.69) is 31.1 Å². The Balaban J connectivity index is 1.77. The van der Waals surface area contributed by atoms with Crippen LogP contribution in [0.1, 0.15) is 22.7 Å². The van der Waals surface area contributed by atoms with Gasteiger partial charge in [-0.15, -0.1) is 10.2 Å². The lowest BCUT2D eigenvalue weighted by atomic mass is 10.0. The van der Waals surface area contributed by atoms with Gasteiger partial charge in [-0.3, -0.25) is 4.98 Å². The van der Waals surface area contributed by atoms with E-state index in [0.717, 1.165) is 4.47 Å². The first-order valence-electron chi connectivity index (χ1n) is 8.31. The molecule has 0 aliphatic carbocycles. The number of rotatable bonds is 3. The first kappa shape index (κ1) is 19.1. The number of fused-ring (bicyclic) bond motifs is 1. The Morgan fingerprint density at radius 3 is 2.69 bits per heavy atom. The number of alkyl halides is 3. The zero-order valence-electron chi connectivity index (χ0n) is 14.8. The quantitative estimate of drug-likeness (QED) is 0.424. The van der Waals surface area contributed by atoms with E-state index in [-0.39, 0.29) is 23.7 Å². The molecule has 29 heavy (non-hydrogen) atoms. The topological polar surface area (TPSA) is 80.5 Å². The van der Waals surface area contributed by atoms with Gasteiger partial charge >= 0.3 is 6.18 Å². The van der Waals surface area contributed by atoms with Crippen LogP contribution in [0.4, 0.5) is 13.2 Å². The van der Waals surface area contributed by atoms with Crippen LogP contribution >= 0.6 is 15.9 Å². The van der Waals surface area contributed by atoms with Crippen LogP contribution in [0.5, 0.6) is 0 Å². The van der Waals surface area contributed by atoms with Crippen molar-refractivity contribution in [2.24, 2.45) is 0 Å². The highest BCUT2D eigenvalue weighted by molar-refractivity contribution is 9.10. The zero-order chi connectivity index (χ0) is 20.8. The number of hydrogen-bond acceptors (Lipinski definition) is 5. The van der Waals surface area contributed by atoms with Crippen molar-refractivity contribution in [2.75, 3.05) is 0 Å². The van der Waals surface area contributed by atoms with Crippen LogP contribution < -0.4 is 0 Å². The minimum atomic E-state index is -4.64. The zero-order valence-corrected chi connectivity index (χ0v) is 16.4. The maximum Gasteiger partial charge on any atom is 0.418 e. The van der Waals surface area contributed by atoms with Gasteiger partial charge in [0.25, 0.3) is 0 Å². The van der Waals surface area contributed by atoms with Crippen molar-refractivity contribution in [3.63, 3.8) is 0 Å². The summed E-state index contributed by atoms with van der Waals surface area (Å²) in [5.41, 5.74) is 0.169. The van der Waals surface area contributed by atoms with Crippen LogP contribution in [0.25, 0.3) is 22.4 Å². The van der Waals surface area contributed by atoms with E-state index < -0.39 is 17.3 Å². The van der Waals surface area contributed by atoms with Gasteiger partial charge in [0.05, 0.1) is 22.8 Å².